The summed E-state index contributed by atoms with van der Waals surface area (Å²) in [6.07, 6.45) is 0. The fourth-order valence-corrected chi connectivity index (χ4v) is 7.63. The van der Waals surface area contributed by atoms with Gasteiger partial charge >= 0.3 is 0 Å². The third-order valence-corrected chi connectivity index (χ3v) is 10.2. The Labute approximate surface area is 313 Å². The number of rotatable bonds is 7. The van der Waals surface area contributed by atoms with E-state index in [0.29, 0.717) is 11.8 Å². The molecule has 2 aromatic heterocycles. The second kappa shape index (κ2) is 13.4. The molecule has 2 heterocycles. The number of benzene rings is 8. The molecular formula is C50H33N3O. The van der Waals surface area contributed by atoms with Crippen LogP contribution in [0.15, 0.2) is 205 Å². The minimum Gasteiger partial charge on any atom is -0.416 e. The van der Waals surface area contributed by atoms with E-state index in [2.05, 4.69) is 185 Å². The number of nitrogens with zero attached hydrogens (tertiary/aromatic N) is 3. The third kappa shape index (κ3) is 5.58. The third-order valence-electron chi connectivity index (χ3n) is 10.2. The van der Waals surface area contributed by atoms with Crippen molar-refractivity contribution in [3.05, 3.63) is 200 Å². The summed E-state index contributed by atoms with van der Waals surface area (Å²) in [7, 11) is 0. The van der Waals surface area contributed by atoms with Crippen LogP contribution in [0.3, 0.4) is 0 Å². The van der Waals surface area contributed by atoms with Crippen molar-refractivity contribution >= 4 is 21.8 Å². The van der Waals surface area contributed by atoms with Crippen LogP contribution >= 0.6 is 0 Å². The lowest BCUT2D eigenvalue weighted by Crippen LogP contribution is -1.93. The topological polar surface area (TPSA) is 43.9 Å². The Morgan fingerprint density at radius 1 is 0.315 bits per heavy atom. The average molecular weight is 692 g/mol. The van der Waals surface area contributed by atoms with Crippen LogP contribution in [-0.4, -0.2) is 14.8 Å². The standard InChI is InChI=1S/C50H33N3O/c1-4-14-34(15-5-1)38-28-30-47-45(32-38)46-33-39(29-31-48(46)53(47)40-18-8-3-9-19-40)42-21-11-13-23-44(42)43-22-12-10-20-41(43)35-24-26-37(27-25-35)50-52-51-49(54-50)36-16-6-2-7-17-36/h1-33H. The molecule has 54 heavy (non-hydrogen) atoms. The van der Waals surface area contributed by atoms with Crippen molar-refractivity contribution < 1.29 is 4.42 Å². The van der Waals surface area contributed by atoms with Crippen LogP contribution in [0, 0.1) is 0 Å². The first-order valence-corrected chi connectivity index (χ1v) is 18.2. The summed E-state index contributed by atoms with van der Waals surface area (Å²) in [5.74, 6) is 1.01. The molecule has 10 aromatic rings. The molecule has 0 aliphatic carbocycles. The molecular weight excluding hydrogens is 659 g/mol. The molecule has 0 radical (unpaired) electrons. The van der Waals surface area contributed by atoms with Gasteiger partial charge in [0.05, 0.1) is 11.0 Å². The molecule has 0 bridgehead atoms. The van der Waals surface area contributed by atoms with Gasteiger partial charge in [0.1, 0.15) is 0 Å². The fourth-order valence-electron chi connectivity index (χ4n) is 7.63. The summed E-state index contributed by atoms with van der Waals surface area (Å²) in [6.45, 7) is 0. The van der Waals surface area contributed by atoms with Crippen molar-refractivity contribution in [1.82, 2.24) is 14.8 Å². The first-order chi connectivity index (χ1) is 26.8. The molecule has 0 aliphatic heterocycles. The second-order valence-electron chi connectivity index (χ2n) is 13.4. The van der Waals surface area contributed by atoms with Crippen molar-refractivity contribution in [2.24, 2.45) is 0 Å². The van der Waals surface area contributed by atoms with Gasteiger partial charge in [-0.25, -0.2) is 0 Å². The molecule has 8 aromatic carbocycles. The van der Waals surface area contributed by atoms with Gasteiger partial charge in [0, 0.05) is 27.6 Å². The second-order valence-corrected chi connectivity index (χ2v) is 13.4. The predicted octanol–water partition coefficient (Wildman–Crippen LogP) is 13.2. The smallest absolute Gasteiger partial charge is 0.248 e. The molecule has 0 saturated carbocycles. The van der Waals surface area contributed by atoms with Gasteiger partial charge in [-0.1, -0.05) is 140 Å². The predicted molar refractivity (Wildman–Crippen MR) is 221 cm³/mol. The van der Waals surface area contributed by atoms with E-state index in [1.807, 2.05) is 30.3 Å². The molecule has 0 saturated heterocycles. The lowest BCUT2D eigenvalue weighted by Gasteiger charge is -2.15. The van der Waals surface area contributed by atoms with Gasteiger partial charge in [-0.2, -0.15) is 0 Å². The van der Waals surface area contributed by atoms with Crippen LogP contribution in [-0.2, 0) is 0 Å². The minimum atomic E-state index is 0.499. The Morgan fingerprint density at radius 3 is 1.31 bits per heavy atom. The fraction of sp³-hybridized carbons (Fsp3) is 0. The van der Waals surface area contributed by atoms with E-state index < -0.39 is 0 Å². The van der Waals surface area contributed by atoms with Crippen molar-refractivity contribution in [3.8, 4) is 73.1 Å². The Kier molecular flexibility index (Phi) is 7.77. The van der Waals surface area contributed by atoms with Crippen LogP contribution in [0.2, 0.25) is 0 Å². The number of para-hydroxylation sites is 1. The summed E-state index contributed by atoms with van der Waals surface area (Å²) in [5.41, 5.74) is 14.7. The Hall–Kier alpha value is -7.30. The SMILES string of the molecule is c1ccc(-c2ccc3c(c2)c2cc(-c4ccccc4-c4ccccc4-c4ccc(-c5nnc(-c6ccccc6)o5)cc4)ccc2n3-c2ccccc2)cc1. The Morgan fingerprint density at radius 2 is 0.722 bits per heavy atom. The van der Waals surface area contributed by atoms with E-state index >= 15 is 0 Å². The summed E-state index contributed by atoms with van der Waals surface area (Å²) in [4.78, 5) is 0. The molecule has 0 N–H and O–H groups in total. The first-order valence-electron chi connectivity index (χ1n) is 18.2. The molecule has 10 rings (SSSR count). The van der Waals surface area contributed by atoms with Gasteiger partial charge in [0.2, 0.25) is 11.8 Å². The first kappa shape index (κ1) is 31.4. The Balaban J connectivity index is 1.07. The number of fused-ring (bicyclic) bond motifs is 3. The molecule has 0 amide bonds. The summed E-state index contributed by atoms with van der Waals surface area (Å²) < 4.78 is 8.43. The lowest BCUT2D eigenvalue weighted by atomic mass is 9.89. The highest BCUT2D eigenvalue weighted by Crippen LogP contribution is 2.42. The largest absolute Gasteiger partial charge is 0.416 e. The highest BCUT2D eigenvalue weighted by molar-refractivity contribution is 6.12. The van der Waals surface area contributed by atoms with E-state index in [1.54, 1.807) is 0 Å². The van der Waals surface area contributed by atoms with Gasteiger partial charge in [0.25, 0.3) is 0 Å². The van der Waals surface area contributed by atoms with E-state index in [-0.39, 0.29) is 0 Å². The van der Waals surface area contributed by atoms with Crippen molar-refractivity contribution in [3.63, 3.8) is 0 Å². The van der Waals surface area contributed by atoms with Crippen LogP contribution in [0.5, 0.6) is 0 Å². The average Bonchev–Trinajstić information content (AvgIpc) is 3.88. The molecule has 254 valence electrons. The normalized spacial score (nSPS) is 11.3. The summed E-state index contributed by atoms with van der Waals surface area (Å²) >= 11 is 0. The van der Waals surface area contributed by atoms with Crippen molar-refractivity contribution in [1.29, 1.82) is 0 Å². The van der Waals surface area contributed by atoms with Crippen molar-refractivity contribution in [2.45, 2.75) is 0 Å². The monoisotopic (exact) mass is 691 g/mol. The van der Waals surface area contributed by atoms with E-state index in [4.69, 9.17) is 4.42 Å². The van der Waals surface area contributed by atoms with E-state index in [0.717, 1.165) is 27.9 Å². The van der Waals surface area contributed by atoms with Gasteiger partial charge in [-0.15, -0.1) is 10.2 Å². The zero-order chi connectivity index (χ0) is 35.8. The molecule has 0 unspecified atom stereocenters. The van der Waals surface area contributed by atoms with Crippen molar-refractivity contribution in [2.75, 3.05) is 0 Å². The molecule has 0 atom stereocenters. The minimum absolute atomic E-state index is 0.499. The molecule has 4 heteroatoms. The number of hydrogen-bond acceptors (Lipinski definition) is 3. The van der Waals surface area contributed by atoms with Crippen LogP contribution < -0.4 is 0 Å². The molecule has 4 nitrogen and oxygen atoms in total. The zero-order valence-corrected chi connectivity index (χ0v) is 29.3. The van der Waals surface area contributed by atoms with Gasteiger partial charge < -0.3 is 8.98 Å². The number of aromatic nitrogens is 3. The van der Waals surface area contributed by atoms with Gasteiger partial charge in [-0.05, 0) is 105 Å². The highest BCUT2D eigenvalue weighted by Gasteiger charge is 2.18. The zero-order valence-electron chi connectivity index (χ0n) is 29.3. The van der Waals surface area contributed by atoms with E-state index in [1.165, 1.54) is 55.2 Å². The van der Waals surface area contributed by atoms with E-state index in [9.17, 15) is 0 Å². The molecule has 0 aliphatic rings. The summed E-state index contributed by atoms with van der Waals surface area (Å²) in [6, 6.07) is 70.6. The number of hydrogen-bond donors (Lipinski definition) is 0. The summed E-state index contributed by atoms with van der Waals surface area (Å²) in [5, 5.41) is 11.1. The molecule has 0 fully saturated rings. The van der Waals surface area contributed by atoms with Gasteiger partial charge in [0.15, 0.2) is 0 Å². The maximum atomic E-state index is 6.05. The quantitative estimate of drug-likeness (QED) is 0.167. The lowest BCUT2D eigenvalue weighted by molar-refractivity contribution is 0.584. The highest BCUT2D eigenvalue weighted by atomic mass is 16.4. The maximum absolute atomic E-state index is 6.05. The van der Waals surface area contributed by atoms with Crippen LogP contribution in [0.1, 0.15) is 0 Å². The van der Waals surface area contributed by atoms with Crippen LogP contribution in [0.25, 0.3) is 94.9 Å². The van der Waals surface area contributed by atoms with Crippen LogP contribution in [0.4, 0.5) is 0 Å². The van der Waals surface area contributed by atoms with Gasteiger partial charge in [-0.3, -0.25) is 0 Å². The maximum Gasteiger partial charge on any atom is 0.248 e. The Bertz CT molecular complexity index is 2910. The molecule has 0 spiro atoms.